The van der Waals surface area contributed by atoms with Crippen molar-refractivity contribution in [2.75, 3.05) is 13.2 Å². The predicted octanol–water partition coefficient (Wildman–Crippen LogP) is 4.39. The van der Waals surface area contributed by atoms with Crippen LogP contribution >= 0.6 is 0 Å². The molecule has 3 aromatic rings. The fourth-order valence-corrected chi connectivity index (χ4v) is 4.18. The molecule has 1 N–H and O–H groups in total. The van der Waals surface area contributed by atoms with E-state index in [-0.39, 0.29) is 19.6 Å². The van der Waals surface area contributed by atoms with Crippen molar-refractivity contribution in [2.24, 2.45) is 0 Å². The molecule has 1 saturated heterocycles. The zero-order valence-electron chi connectivity index (χ0n) is 20.7. The first kappa shape index (κ1) is 27.0. The van der Waals surface area contributed by atoms with Gasteiger partial charge in [0.15, 0.2) is 6.29 Å². The van der Waals surface area contributed by atoms with Gasteiger partial charge in [0.25, 0.3) is 0 Å². The standard InChI is InChI=1S/C30H33NO6/c31-17-10-18-34-30-29(36-21-25-15-8-3-9-16-25)28(35-20-24-13-6-2-7-14-24)27(37-30)26(32)22-33-19-23-11-4-1-5-12-23/h1-9,11-16,26-30,32H,10,18-22H2/t26-,27+,28+,29-,30-/m1/s1. The first-order chi connectivity index (χ1) is 18.2. The zero-order chi connectivity index (χ0) is 25.7. The predicted molar refractivity (Wildman–Crippen MR) is 137 cm³/mol. The van der Waals surface area contributed by atoms with Gasteiger partial charge in [-0.1, -0.05) is 91.0 Å². The van der Waals surface area contributed by atoms with E-state index in [1.165, 1.54) is 0 Å². The van der Waals surface area contributed by atoms with Gasteiger partial charge in [0.2, 0.25) is 0 Å². The van der Waals surface area contributed by atoms with Crippen LogP contribution in [0.1, 0.15) is 23.1 Å². The van der Waals surface area contributed by atoms with Gasteiger partial charge < -0.3 is 28.8 Å². The Hall–Kier alpha value is -3.09. The van der Waals surface area contributed by atoms with E-state index in [9.17, 15) is 5.11 Å². The molecule has 4 rings (SSSR count). The molecule has 1 fully saturated rings. The van der Waals surface area contributed by atoms with E-state index >= 15 is 0 Å². The number of nitrogens with zero attached hydrogens (tertiary/aromatic N) is 1. The summed E-state index contributed by atoms with van der Waals surface area (Å²) < 4.78 is 30.4. The van der Waals surface area contributed by atoms with Gasteiger partial charge in [-0.3, -0.25) is 0 Å². The number of hydrogen-bond acceptors (Lipinski definition) is 7. The van der Waals surface area contributed by atoms with Gasteiger partial charge in [0.1, 0.15) is 24.4 Å². The van der Waals surface area contributed by atoms with Gasteiger partial charge >= 0.3 is 0 Å². The van der Waals surface area contributed by atoms with Crippen LogP contribution in [-0.2, 0) is 43.5 Å². The average molecular weight is 504 g/mol. The molecule has 0 aromatic heterocycles. The maximum atomic E-state index is 11.1. The van der Waals surface area contributed by atoms with Crippen molar-refractivity contribution in [2.45, 2.75) is 56.9 Å². The summed E-state index contributed by atoms with van der Waals surface area (Å²) in [7, 11) is 0. The van der Waals surface area contributed by atoms with Crippen LogP contribution < -0.4 is 0 Å². The van der Waals surface area contributed by atoms with Crippen molar-refractivity contribution in [3.8, 4) is 6.07 Å². The second-order valence-corrected chi connectivity index (χ2v) is 8.84. The first-order valence-electron chi connectivity index (χ1n) is 12.5. The van der Waals surface area contributed by atoms with Gasteiger partial charge in [0.05, 0.1) is 45.5 Å². The maximum absolute atomic E-state index is 11.1. The Labute approximate surface area is 218 Å². The molecule has 3 aromatic carbocycles. The number of nitriles is 1. The Morgan fingerprint density at radius 1 is 0.730 bits per heavy atom. The molecule has 0 radical (unpaired) electrons. The minimum Gasteiger partial charge on any atom is -0.388 e. The van der Waals surface area contributed by atoms with Crippen LogP contribution in [0.5, 0.6) is 0 Å². The summed E-state index contributed by atoms with van der Waals surface area (Å²) in [5, 5.41) is 20.1. The monoisotopic (exact) mass is 503 g/mol. The molecule has 0 spiro atoms. The molecule has 1 aliphatic heterocycles. The van der Waals surface area contributed by atoms with E-state index in [0.29, 0.717) is 19.8 Å². The van der Waals surface area contributed by atoms with E-state index in [1.807, 2.05) is 91.0 Å². The summed E-state index contributed by atoms with van der Waals surface area (Å²) in [6, 6.07) is 31.5. The molecule has 0 aliphatic carbocycles. The molecule has 5 atom stereocenters. The zero-order valence-corrected chi connectivity index (χ0v) is 20.7. The van der Waals surface area contributed by atoms with E-state index in [4.69, 9.17) is 28.9 Å². The van der Waals surface area contributed by atoms with Crippen molar-refractivity contribution in [1.82, 2.24) is 0 Å². The molecular formula is C30H33NO6. The second kappa shape index (κ2) is 14.6. The quantitative estimate of drug-likeness (QED) is 0.326. The fraction of sp³-hybridized carbons (Fsp3) is 0.367. The summed E-state index contributed by atoms with van der Waals surface area (Å²) in [5.74, 6) is 0. The van der Waals surface area contributed by atoms with Crippen LogP contribution in [0.4, 0.5) is 0 Å². The lowest BCUT2D eigenvalue weighted by atomic mass is 10.1. The molecule has 7 nitrogen and oxygen atoms in total. The van der Waals surface area contributed by atoms with Crippen molar-refractivity contribution in [3.63, 3.8) is 0 Å². The van der Waals surface area contributed by atoms with E-state index < -0.39 is 30.7 Å². The number of hydrogen-bond donors (Lipinski definition) is 1. The molecular weight excluding hydrogens is 470 g/mol. The number of aliphatic hydroxyl groups is 1. The SMILES string of the molecule is N#CCCO[C@@H]1O[C@@H]([C@H](O)COCc2ccccc2)[C@H](OCc2ccccc2)[C@H]1OCc1ccccc1. The molecule has 0 saturated carbocycles. The molecule has 0 amide bonds. The lowest BCUT2D eigenvalue weighted by Gasteiger charge is -2.26. The van der Waals surface area contributed by atoms with Crippen LogP contribution in [0, 0.1) is 11.3 Å². The lowest BCUT2D eigenvalue weighted by Crippen LogP contribution is -2.44. The molecule has 1 aliphatic rings. The normalized spacial score (nSPS) is 21.9. The Bertz CT molecular complexity index is 1080. The summed E-state index contributed by atoms with van der Waals surface area (Å²) in [6.07, 6.45) is -3.53. The Morgan fingerprint density at radius 2 is 1.24 bits per heavy atom. The summed E-state index contributed by atoms with van der Waals surface area (Å²) in [4.78, 5) is 0. The third-order valence-electron chi connectivity index (χ3n) is 6.05. The highest BCUT2D eigenvalue weighted by molar-refractivity contribution is 5.15. The smallest absolute Gasteiger partial charge is 0.187 e. The van der Waals surface area contributed by atoms with Crippen LogP contribution in [0.3, 0.4) is 0 Å². The van der Waals surface area contributed by atoms with Crippen molar-refractivity contribution >= 4 is 0 Å². The minimum absolute atomic E-state index is 0.0566. The number of aliphatic hydroxyl groups excluding tert-OH is 1. The highest BCUT2D eigenvalue weighted by atomic mass is 16.7. The van der Waals surface area contributed by atoms with Crippen LogP contribution in [0.25, 0.3) is 0 Å². The third-order valence-corrected chi connectivity index (χ3v) is 6.05. The molecule has 0 bridgehead atoms. The lowest BCUT2D eigenvalue weighted by molar-refractivity contribution is -0.191. The third kappa shape index (κ3) is 8.20. The van der Waals surface area contributed by atoms with Crippen molar-refractivity contribution in [3.05, 3.63) is 108 Å². The van der Waals surface area contributed by atoms with E-state index in [0.717, 1.165) is 16.7 Å². The van der Waals surface area contributed by atoms with Gasteiger partial charge in [0, 0.05) is 0 Å². The number of benzene rings is 3. The average Bonchev–Trinajstić information content (AvgIpc) is 3.29. The number of ether oxygens (including phenoxy) is 5. The van der Waals surface area contributed by atoms with E-state index in [2.05, 4.69) is 6.07 Å². The Morgan fingerprint density at radius 3 is 1.78 bits per heavy atom. The van der Waals surface area contributed by atoms with Crippen LogP contribution in [0.2, 0.25) is 0 Å². The minimum atomic E-state index is -0.975. The molecule has 37 heavy (non-hydrogen) atoms. The largest absolute Gasteiger partial charge is 0.388 e. The number of rotatable bonds is 14. The van der Waals surface area contributed by atoms with Crippen LogP contribution in [0.15, 0.2) is 91.0 Å². The maximum Gasteiger partial charge on any atom is 0.187 e. The summed E-state index contributed by atoms with van der Waals surface area (Å²) in [6.45, 7) is 1.26. The second-order valence-electron chi connectivity index (χ2n) is 8.84. The first-order valence-corrected chi connectivity index (χ1v) is 12.5. The fourth-order valence-electron chi connectivity index (χ4n) is 4.18. The summed E-state index contributed by atoms with van der Waals surface area (Å²) in [5.41, 5.74) is 3.00. The van der Waals surface area contributed by atoms with E-state index in [1.54, 1.807) is 0 Å². The molecule has 0 unspecified atom stereocenters. The Kier molecular flexibility index (Phi) is 10.6. The van der Waals surface area contributed by atoms with Crippen molar-refractivity contribution in [1.29, 1.82) is 5.26 Å². The highest BCUT2D eigenvalue weighted by Gasteiger charge is 2.50. The van der Waals surface area contributed by atoms with Crippen LogP contribution in [-0.4, -0.2) is 49.0 Å². The van der Waals surface area contributed by atoms with Gasteiger partial charge in [-0.25, -0.2) is 0 Å². The van der Waals surface area contributed by atoms with Gasteiger partial charge in [-0.15, -0.1) is 0 Å². The van der Waals surface area contributed by atoms with Crippen molar-refractivity contribution < 1.29 is 28.8 Å². The highest BCUT2D eigenvalue weighted by Crippen LogP contribution is 2.31. The van der Waals surface area contributed by atoms with Gasteiger partial charge in [-0.2, -0.15) is 5.26 Å². The topological polar surface area (TPSA) is 90.2 Å². The molecule has 194 valence electrons. The summed E-state index contributed by atoms with van der Waals surface area (Å²) >= 11 is 0. The Balaban J connectivity index is 1.47. The molecule has 7 heteroatoms. The molecule has 1 heterocycles. The van der Waals surface area contributed by atoms with Gasteiger partial charge in [-0.05, 0) is 16.7 Å².